The van der Waals surface area contributed by atoms with Crippen LogP contribution in [0, 0.1) is 13.8 Å². The van der Waals surface area contributed by atoms with Crippen LogP contribution in [0.1, 0.15) is 24.0 Å². The molecule has 3 aliphatic rings. The normalized spacial score (nSPS) is 17.6. The highest BCUT2D eigenvalue weighted by molar-refractivity contribution is 5.81. The van der Waals surface area contributed by atoms with Gasteiger partial charge in [0.2, 0.25) is 5.91 Å². The number of hydrogen-bond acceptors (Lipinski definition) is 6. The van der Waals surface area contributed by atoms with Gasteiger partial charge in [-0.25, -0.2) is 9.78 Å². The number of amides is 1. The molecule has 0 saturated carbocycles. The third-order valence-electron chi connectivity index (χ3n) is 5.53. The van der Waals surface area contributed by atoms with Crippen LogP contribution in [0.4, 0.5) is 0 Å². The van der Waals surface area contributed by atoms with E-state index in [1.807, 2.05) is 35.4 Å². The smallest absolute Gasteiger partial charge is 0.349 e. The molecule has 9 nitrogen and oxygen atoms in total. The Morgan fingerprint density at radius 1 is 1.21 bits per heavy atom. The molecule has 3 heterocycles. The van der Waals surface area contributed by atoms with Crippen molar-refractivity contribution in [3.8, 4) is 11.5 Å². The van der Waals surface area contributed by atoms with Crippen molar-refractivity contribution in [1.29, 1.82) is 0 Å². The van der Waals surface area contributed by atoms with E-state index in [4.69, 9.17) is 5.73 Å². The fraction of sp³-hybridized carbons (Fsp3) is 0.421. The number of fused-ring (bicyclic) bond motifs is 2. The Bertz CT molecular complexity index is 1160. The number of aromatic amines is 1. The lowest BCUT2D eigenvalue weighted by atomic mass is 10.1. The monoisotopic (exact) mass is 382 g/mol. The topological polar surface area (TPSA) is 127 Å². The summed E-state index contributed by atoms with van der Waals surface area (Å²) >= 11 is 0. The molecule has 4 rings (SSSR count). The molecule has 0 radical (unpaired) electrons. The summed E-state index contributed by atoms with van der Waals surface area (Å²) in [5.74, 6) is -0.0749. The molecule has 0 unspecified atom stereocenters. The van der Waals surface area contributed by atoms with Crippen LogP contribution in [-0.2, 0) is 11.3 Å². The van der Waals surface area contributed by atoms with Crippen LogP contribution in [0.15, 0.2) is 21.7 Å². The molecule has 0 spiro atoms. The van der Waals surface area contributed by atoms with E-state index in [0.717, 1.165) is 36.0 Å². The maximum absolute atomic E-state index is 12.3. The van der Waals surface area contributed by atoms with Crippen molar-refractivity contribution in [3.63, 3.8) is 0 Å². The molecule has 1 aromatic carbocycles. The zero-order chi connectivity index (χ0) is 20.0. The average molecular weight is 382 g/mol. The second kappa shape index (κ2) is 6.83. The molecule has 9 heteroatoms. The number of nitrogens with one attached hydrogen (secondary N) is 1. The third-order valence-corrected chi connectivity index (χ3v) is 5.53. The van der Waals surface area contributed by atoms with E-state index >= 15 is 0 Å². The summed E-state index contributed by atoms with van der Waals surface area (Å²) in [5.41, 5.74) is 7.98. The summed E-state index contributed by atoms with van der Waals surface area (Å²) < 4.78 is 1.84. The van der Waals surface area contributed by atoms with Gasteiger partial charge in [0, 0.05) is 13.1 Å². The minimum atomic E-state index is -0.701. The van der Waals surface area contributed by atoms with Crippen LogP contribution in [0.3, 0.4) is 0 Å². The van der Waals surface area contributed by atoms with Gasteiger partial charge in [0.25, 0.3) is 5.56 Å². The molecule has 1 atom stereocenters. The summed E-state index contributed by atoms with van der Waals surface area (Å²) in [7, 11) is 0. The van der Waals surface area contributed by atoms with Gasteiger partial charge in [-0.3, -0.25) is 19.5 Å². The first kappa shape index (κ1) is 18.3. The van der Waals surface area contributed by atoms with Crippen LogP contribution < -0.4 is 17.0 Å². The lowest BCUT2D eigenvalue weighted by Crippen LogP contribution is -2.42. The van der Waals surface area contributed by atoms with Crippen LogP contribution in [0.5, 0.6) is 0 Å². The molecular formula is C19H22N6O3. The number of carbonyl (C=O) groups is 1. The molecule has 1 aromatic rings. The minimum Gasteiger partial charge on any atom is -0.368 e. The molecule has 0 bridgehead atoms. The second-order valence-corrected chi connectivity index (χ2v) is 7.33. The first-order valence-corrected chi connectivity index (χ1v) is 9.30. The number of nitrogens with zero attached hydrogens (tertiary/aromatic N) is 4. The van der Waals surface area contributed by atoms with Gasteiger partial charge in [-0.05, 0) is 56.5 Å². The number of aromatic nitrogens is 4. The highest BCUT2D eigenvalue weighted by atomic mass is 16.2. The molecule has 0 aromatic heterocycles. The van der Waals surface area contributed by atoms with E-state index < -0.39 is 11.2 Å². The van der Waals surface area contributed by atoms with E-state index in [1.165, 1.54) is 0 Å². The third kappa shape index (κ3) is 3.07. The first-order chi connectivity index (χ1) is 13.3. The average Bonchev–Trinajstić information content (AvgIpc) is 3.10. The Balaban J connectivity index is 1.86. The largest absolute Gasteiger partial charge is 0.368 e. The van der Waals surface area contributed by atoms with Crippen LogP contribution >= 0.6 is 0 Å². The van der Waals surface area contributed by atoms with Gasteiger partial charge in [0.05, 0.1) is 17.1 Å². The molecule has 1 amide bonds. The standard InChI is InChI=1S/C19H22N6O3/c1-10-8-12-14(9-11(10)2)25(7-6-24-5-3-4-13(24)16(20)26)17-15(21-12)18(27)23-19(28)22-17/h8-9,13H,3-7H2,1-2H3,(H2,20,26)(H,23,27,28)/t13-/m0/s1. The number of H-pyrrole nitrogens is 1. The zero-order valence-electron chi connectivity index (χ0n) is 15.9. The Hall–Kier alpha value is -3.07. The van der Waals surface area contributed by atoms with Gasteiger partial charge in [-0.1, -0.05) is 0 Å². The zero-order valence-corrected chi connectivity index (χ0v) is 15.9. The quantitative estimate of drug-likeness (QED) is 0.619. The molecular weight excluding hydrogens is 360 g/mol. The highest BCUT2D eigenvalue weighted by Crippen LogP contribution is 2.24. The van der Waals surface area contributed by atoms with E-state index in [9.17, 15) is 14.4 Å². The SMILES string of the molecule is Cc1cc2nc3c(=O)[nH]c(=O)nc-3n(CCN3CCC[C@H]3C(N)=O)c2cc1C. The van der Waals surface area contributed by atoms with E-state index in [0.29, 0.717) is 18.6 Å². The Morgan fingerprint density at radius 2 is 1.96 bits per heavy atom. The number of carbonyl (C=O) groups excluding carboxylic acids is 1. The van der Waals surface area contributed by atoms with Gasteiger partial charge in [-0.15, -0.1) is 0 Å². The Kier molecular flexibility index (Phi) is 4.46. The summed E-state index contributed by atoms with van der Waals surface area (Å²) in [4.78, 5) is 48.5. The maximum atomic E-state index is 12.3. The number of benzene rings is 1. The molecule has 3 aliphatic heterocycles. The molecule has 28 heavy (non-hydrogen) atoms. The van der Waals surface area contributed by atoms with E-state index in [1.54, 1.807) is 0 Å². The predicted octanol–water partition coefficient (Wildman–Crippen LogP) is 0.151. The first-order valence-electron chi connectivity index (χ1n) is 9.30. The molecule has 146 valence electrons. The van der Waals surface area contributed by atoms with Crippen molar-refractivity contribution in [2.75, 3.05) is 13.1 Å². The van der Waals surface area contributed by atoms with E-state index in [-0.39, 0.29) is 23.5 Å². The minimum absolute atomic E-state index is 0.128. The number of nitrogens with two attached hydrogens (primary N) is 1. The van der Waals surface area contributed by atoms with Gasteiger partial charge in [-0.2, -0.15) is 4.98 Å². The van der Waals surface area contributed by atoms with Crippen LogP contribution in [0.2, 0.25) is 0 Å². The summed E-state index contributed by atoms with van der Waals surface area (Å²) in [6, 6.07) is 3.63. The Morgan fingerprint density at radius 3 is 2.71 bits per heavy atom. The molecule has 1 fully saturated rings. The van der Waals surface area contributed by atoms with Gasteiger partial charge in [0.1, 0.15) is 0 Å². The van der Waals surface area contributed by atoms with Gasteiger partial charge < -0.3 is 10.3 Å². The molecule has 0 aliphatic carbocycles. The summed E-state index contributed by atoms with van der Waals surface area (Å²) in [5, 5.41) is 0. The number of primary amides is 1. The van der Waals surface area contributed by atoms with Crippen molar-refractivity contribution in [2.24, 2.45) is 5.73 Å². The van der Waals surface area contributed by atoms with Crippen molar-refractivity contribution in [2.45, 2.75) is 39.3 Å². The van der Waals surface area contributed by atoms with Gasteiger partial charge >= 0.3 is 5.69 Å². The Labute approximate surface area is 160 Å². The fourth-order valence-corrected chi connectivity index (χ4v) is 3.92. The van der Waals surface area contributed by atoms with Crippen molar-refractivity contribution in [3.05, 3.63) is 44.1 Å². The lowest BCUT2D eigenvalue weighted by Gasteiger charge is -2.24. The molecule has 3 N–H and O–H groups in total. The lowest BCUT2D eigenvalue weighted by molar-refractivity contribution is -0.122. The van der Waals surface area contributed by atoms with Crippen molar-refractivity contribution >= 4 is 16.9 Å². The van der Waals surface area contributed by atoms with E-state index in [2.05, 4.69) is 15.0 Å². The predicted molar refractivity (Wildman–Crippen MR) is 104 cm³/mol. The number of hydrogen-bond donors (Lipinski definition) is 2. The highest BCUT2D eigenvalue weighted by Gasteiger charge is 2.29. The van der Waals surface area contributed by atoms with Crippen molar-refractivity contribution < 1.29 is 4.79 Å². The summed E-state index contributed by atoms with van der Waals surface area (Å²) in [6.45, 7) is 5.78. The summed E-state index contributed by atoms with van der Waals surface area (Å²) in [6.07, 6.45) is 1.66. The second-order valence-electron chi connectivity index (χ2n) is 7.33. The van der Waals surface area contributed by atoms with Gasteiger partial charge in [0.15, 0.2) is 11.5 Å². The number of rotatable bonds is 4. The fourth-order valence-electron chi connectivity index (χ4n) is 3.92. The maximum Gasteiger partial charge on any atom is 0.349 e. The van der Waals surface area contributed by atoms with Crippen molar-refractivity contribution in [1.82, 2.24) is 24.4 Å². The number of aryl methyl sites for hydroxylation is 2. The van der Waals surface area contributed by atoms with Crippen LogP contribution in [0.25, 0.3) is 22.6 Å². The van der Waals surface area contributed by atoms with Crippen LogP contribution in [-0.4, -0.2) is 49.5 Å². The molecule has 1 saturated heterocycles. The number of likely N-dealkylation sites (tertiary alicyclic amines) is 1.